The van der Waals surface area contributed by atoms with Crippen LogP contribution in [0.5, 0.6) is 0 Å². The van der Waals surface area contributed by atoms with Gasteiger partial charge in [-0.3, -0.25) is 9.78 Å². The predicted octanol–water partition coefficient (Wildman–Crippen LogP) is 2.68. The van der Waals surface area contributed by atoms with E-state index in [9.17, 15) is 4.79 Å². The van der Waals surface area contributed by atoms with E-state index < -0.39 is 0 Å². The van der Waals surface area contributed by atoms with Crippen LogP contribution in [0, 0.1) is 0 Å². The van der Waals surface area contributed by atoms with Crippen LogP contribution in [0.1, 0.15) is 10.4 Å². The summed E-state index contributed by atoms with van der Waals surface area (Å²) in [6.45, 7) is 0. The maximum Gasteiger partial charge on any atom is 0.257 e. The summed E-state index contributed by atoms with van der Waals surface area (Å²) in [6, 6.07) is 8.66. The number of nitrogens with zero attached hydrogens (tertiary/aromatic N) is 1. The molecule has 0 spiro atoms. The lowest BCUT2D eigenvalue weighted by Crippen LogP contribution is -2.12. The van der Waals surface area contributed by atoms with Gasteiger partial charge in [0.25, 0.3) is 5.91 Å². The van der Waals surface area contributed by atoms with Gasteiger partial charge in [-0.25, -0.2) is 0 Å². The monoisotopic (exact) mass is 291 g/mol. The molecule has 0 atom stereocenters. The topological polar surface area (TPSA) is 68.0 Å². The van der Waals surface area contributed by atoms with Crippen molar-refractivity contribution in [2.45, 2.75) is 0 Å². The summed E-state index contributed by atoms with van der Waals surface area (Å²) in [6.07, 6.45) is 3.13. The average Bonchev–Trinajstić information content (AvgIpc) is 2.35. The van der Waals surface area contributed by atoms with Crippen LogP contribution >= 0.6 is 15.9 Å². The van der Waals surface area contributed by atoms with Crippen molar-refractivity contribution in [3.63, 3.8) is 0 Å². The summed E-state index contributed by atoms with van der Waals surface area (Å²) < 4.78 is 0.803. The Morgan fingerprint density at radius 1 is 1.35 bits per heavy atom. The van der Waals surface area contributed by atoms with Crippen LogP contribution in [0.15, 0.2) is 47.2 Å². The third kappa shape index (κ3) is 2.82. The minimum atomic E-state index is -0.208. The fraction of sp³-hybridized carbons (Fsp3) is 0. The first-order valence-electron chi connectivity index (χ1n) is 4.93. The molecule has 0 bridgehead atoms. The molecule has 0 saturated carbocycles. The van der Waals surface area contributed by atoms with Crippen molar-refractivity contribution in [3.05, 3.63) is 52.8 Å². The number of carbonyl (C=O) groups excluding carboxylic acids is 1. The van der Waals surface area contributed by atoms with Crippen LogP contribution in [0.2, 0.25) is 0 Å². The number of hydrogen-bond donors (Lipinski definition) is 2. The normalized spacial score (nSPS) is 9.94. The molecule has 0 aliphatic heterocycles. The maximum absolute atomic E-state index is 11.8. The van der Waals surface area contributed by atoms with Gasteiger partial charge in [-0.15, -0.1) is 0 Å². The minimum absolute atomic E-state index is 0.208. The maximum atomic E-state index is 11.8. The second kappa shape index (κ2) is 4.97. The van der Waals surface area contributed by atoms with Crippen LogP contribution in [-0.4, -0.2) is 10.9 Å². The van der Waals surface area contributed by atoms with Crippen LogP contribution in [0.25, 0.3) is 0 Å². The van der Waals surface area contributed by atoms with E-state index >= 15 is 0 Å². The Kier molecular flexibility index (Phi) is 3.39. The Hall–Kier alpha value is -1.88. The molecule has 3 N–H and O–H groups in total. The van der Waals surface area contributed by atoms with E-state index in [2.05, 4.69) is 26.2 Å². The zero-order chi connectivity index (χ0) is 12.3. The van der Waals surface area contributed by atoms with E-state index in [1.54, 1.807) is 36.5 Å². The average molecular weight is 292 g/mol. The molecule has 1 aromatic heterocycles. The fourth-order valence-corrected chi connectivity index (χ4v) is 1.57. The Balaban J connectivity index is 2.16. The van der Waals surface area contributed by atoms with Gasteiger partial charge in [0.15, 0.2) is 0 Å². The van der Waals surface area contributed by atoms with E-state index in [1.807, 2.05) is 0 Å². The molecule has 86 valence electrons. The molecule has 1 amide bonds. The first-order chi connectivity index (χ1) is 8.16. The zero-order valence-corrected chi connectivity index (χ0v) is 10.4. The number of nitrogens with one attached hydrogen (secondary N) is 1. The second-order valence-corrected chi connectivity index (χ2v) is 4.29. The number of carbonyl (C=O) groups is 1. The minimum Gasteiger partial charge on any atom is -0.398 e. The summed E-state index contributed by atoms with van der Waals surface area (Å²) >= 11 is 3.29. The van der Waals surface area contributed by atoms with Crippen molar-refractivity contribution in [2.24, 2.45) is 0 Å². The van der Waals surface area contributed by atoms with E-state index in [4.69, 9.17) is 5.73 Å². The molecule has 0 aliphatic carbocycles. The number of nitrogen functional groups attached to an aromatic ring is 1. The number of rotatable bonds is 2. The Morgan fingerprint density at radius 3 is 2.82 bits per heavy atom. The van der Waals surface area contributed by atoms with Crippen molar-refractivity contribution >= 4 is 33.2 Å². The number of pyridine rings is 1. The van der Waals surface area contributed by atoms with Crippen molar-refractivity contribution in [2.75, 3.05) is 11.1 Å². The van der Waals surface area contributed by atoms with Crippen molar-refractivity contribution < 1.29 is 4.79 Å². The van der Waals surface area contributed by atoms with Gasteiger partial charge >= 0.3 is 0 Å². The first-order valence-corrected chi connectivity index (χ1v) is 5.72. The number of benzene rings is 1. The van der Waals surface area contributed by atoms with Gasteiger partial charge in [0.1, 0.15) is 0 Å². The van der Waals surface area contributed by atoms with Crippen LogP contribution in [0.4, 0.5) is 11.4 Å². The molecule has 0 radical (unpaired) electrons. The lowest BCUT2D eigenvalue weighted by atomic mass is 10.2. The Morgan fingerprint density at radius 2 is 2.18 bits per heavy atom. The molecule has 5 heteroatoms. The molecule has 0 fully saturated rings. The standard InChI is InChI=1S/C12H10BrN3O/c13-10-4-3-9(6-11(10)14)16-12(17)8-2-1-5-15-7-8/h1-7H,14H2,(H,16,17). The lowest BCUT2D eigenvalue weighted by molar-refractivity contribution is 0.102. The molecular weight excluding hydrogens is 282 g/mol. The molecule has 1 aromatic carbocycles. The van der Waals surface area contributed by atoms with Crippen molar-refractivity contribution in [1.29, 1.82) is 0 Å². The second-order valence-electron chi connectivity index (χ2n) is 3.43. The largest absolute Gasteiger partial charge is 0.398 e. The number of anilines is 2. The summed E-state index contributed by atoms with van der Waals surface area (Å²) in [7, 11) is 0. The van der Waals surface area contributed by atoms with Crippen LogP contribution in [0.3, 0.4) is 0 Å². The van der Waals surface area contributed by atoms with Crippen molar-refractivity contribution in [1.82, 2.24) is 4.98 Å². The van der Waals surface area contributed by atoms with E-state index in [0.29, 0.717) is 16.9 Å². The van der Waals surface area contributed by atoms with Gasteiger partial charge in [-0.1, -0.05) is 0 Å². The molecule has 1 heterocycles. The third-order valence-electron chi connectivity index (χ3n) is 2.18. The molecule has 2 rings (SSSR count). The molecule has 0 saturated heterocycles. The first kappa shape index (κ1) is 11.6. The highest BCUT2D eigenvalue weighted by molar-refractivity contribution is 9.10. The van der Waals surface area contributed by atoms with E-state index in [0.717, 1.165) is 4.47 Å². The lowest BCUT2D eigenvalue weighted by Gasteiger charge is -2.06. The number of halogens is 1. The predicted molar refractivity (Wildman–Crippen MR) is 70.7 cm³/mol. The number of nitrogens with two attached hydrogens (primary N) is 1. The smallest absolute Gasteiger partial charge is 0.257 e. The summed E-state index contributed by atoms with van der Waals surface area (Å²) in [5.41, 5.74) is 7.46. The van der Waals surface area contributed by atoms with Gasteiger partial charge in [0.05, 0.1) is 5.56 Å². The van der Waals surface area contributed by atoms with E-state index in [1.165, 1.54) is 6.20 Å². The summed E-state index contributed by atoms with van der Waals surface area (Å²) in [5.74, 6) is -0.208. The third-order valence-corrected chi connectivity index (χ3v) is 2.90. The highest BCUT2D eigenvalue weighted by Crippen LogP contribution is 2.23. The summed E-state index contributed by atoms with van der Waals surface area (Å²) in [5, 5.41) is 2.75. The fourth-order valence-electron chi connectivity index (χ4n) is 1.32. The van der Waals surface area contributed by atoms with Crippen LogP contribution < -0.4 is 11.1 Å². The summed E-state index contributed by atoms with van der Waals surface area (Å²) in [4.78, 5) is 15.7. The number of hydrogen-bond acceptors (Lipinski definition) is 3. The van der Waals surface area contributed by atoms with Gasteiger partial charge < -0.3 is 11.1 Å². The number of aromatic nitrogens is 1. The Labute approximate surface area is 107 Å². The van der Waals surface area contributed by atoms with Crippen LogP contribution in [-0.2, 0) is 0 Å². The van der Waals surface area contributed by atoms with Gasteiger partial charge in [0.2, 0.25) is 0 Å². The molecule has 0 aliphatic rings. The molecular formula is C12H10BrN3O. The molecule has 17 heavy (non-hydrogen) atoms. The van der Waals surface area contributed by atoms with Crippen molar-refractivity contribution in [3.8, 4) is 0 Å². The molecule has 2 aromatic rings. The highest BCUT2D eigenvalue weighted by Gasteiger charge is 2.06. The molecule has 0 unspecified atom stereocenters. The zero-order valence-electron chi connectivity index (χ0n) is 8.85. The highest BCUT2D eigenvalue weighted by atomic mass is 79.9. The molecule has 4 nitrogen and oxygen atoms in total. The van der Waals surface area contributed by atoms with E-state index in [-0.39, 0.29) is 5.91 Å². The van der Waals surface area contributed by atoms with Gasteiger partial charge in [-0.05, 0) is 46.3 Å². The SMILES string of the molecule is Nc1cc(NC(=O)c2cccnc2)ccc1Br. The number of amides is 1. The van der Waals surface area contributed by atoms with Gasteiger partial charge in [-0.2, -0.15) is 0 Å². The van der Waals surface area contributed by atoms with Gasteiger partial charge in [0, 0.05) is 28.2 Å². The Bertz CT molecular complexity index is 543. The quantitative estimate of drug-likeness (QED) is 0.836.